The van der Waals surface area contributed by atoms with Crippen LogP contribution in [0.5, 0.6) is 0 Å². The van der Waals surface area contributed by atoms with E-state index in [0.29, 0.717) is 0 Å². The minimum atomic E-state index is -0.370. The van der Waals surface area contributed by atoms with Crippen LogP contribution in [0.15, 0.2) is 30.3 Å². The SMILES string of the molecule is CC(N)C(C)C(=O)N[C@H](CO)c1ccccc1. The molecule has 4 N–H and O–H groups in total. The van der Waals surface area contributed by atoms with Crippen molar-refractivity contribution in [2.75, 3.05) is 6.61 Å². The molecule has 0 saturated carbocycles. The first kappa shape index (κ1) is 13.7. The number of carbonyl (C=O) groups is 1. The van der Waals surface area contributed by atoms with Crippen LogP contribution >= 0.6 is 0 Å². The van der Waals surface area contributed by atoms with Crippen LogP contribution in [0, 0.1) is 5.92 Å². The van der Waals surface area contributed by atoms with Gasteiger partial charge in [0.05, 0.1) is 12.6 Å². The summed E-state index contributed by atoms with van der Waals surface area (Å²) in [7, 11) is 0. The Balaban J connectivity index is 2.68. The van der Waals surface area contributed by atoms with Crippen molar-refractivity contribution in [2.45, 2.75) is 25.9 Å². The molecule has 3 atom stereocenters. The van der Waals surface area contributed by atoms with Gasteiger partial charge in [-0.25, -0.2) is 0 Å². The normalized spacial score (nSPS) is 16.0. The third-order valence-corrected chi connectivity index (χ3v) is 2.90. The molecule has 0 aliphatic heterocycles. The first-order valence-electron chi connectivity index (χ1n) is 5.78. The van der Waals surface area contributed by atoms with Crippen molar-refractivity contribution in [1.82, 2.24) is 5.32 Å². The fourth-order valence-corrected chi connectivity index (χ4v) is 1.46. The van der Waals surface area contributed by atoms with E-state index < -0.39 is 0 Å². The number of carbonyl (C=O) groups excluding carboxylic acids is 1. The van der Waals surface area contributed by atoms with Crippen molar-refractivity contribution in [3.05, 3.63) is 35.9 Å². The average molecular weight is 236 g/mol. The molecule has 0 aliphatic rings. The monoisotopic (exact) mass is 236 g/mol. The molecular weight excluding hydrogens is 216 g/mol. The van der Waals surface area contributed by atoms with Crippen LogP contribution in [0.1, 0.15) is 25.5 Å². The van der Waals surface area contributed by atoms with Crippen LogP contribution in [-0.2, 0) is 4.79 Å². The summed E-state index contributed by atoms with van der Waals surface area (Å²) in [5, 5.41) is 12.1. The lowest BCUT2D eigenvalue weighted by atomic mass is 10.0. The zero-order valence-electron chi connectivity index (χ0n) is 10.3. The maximum absolute atomic E-state index is 11.8. The predicted octanol–water partition coefficient (Wildman–Crippen LogP) is 0.819. The highest BCUT2D eigenvalue weighted by molar-refractivity contribution is 5.79. The van der Waals surface area contributed by atoms with Crippen molar-refractivity contribution in [3.8, 4) is 0 Å². The molecule has 0 heterocycles. The number of hydrogen-bond acceptors (Lipinski definition) is 3. The predicted molar refractivity (Wildman–Crippen MR) is 67.2 cm³/mol. The summed E-state index contributed by atoms with van der Waals surface area (Å²) in [5.41, 5.74) is 6.56. The lowest BCUT2D eigenvalue weighted by Gasteiger charge is -2.21. The Hall–Kier alpha value is -1.39. The zero-order chi connectivity index (χ0) is 12.8. The Morgan fingerprint density at radius 3 is 2.41 bits per heavy atom. The molecule has 2 unspecified atom stereocenters. The number of amides is 1. The quantitative estimate of drug-likeness (QED) is 0.708. The van der Waals surface area contributed by atoms with Crippen molar-refractivity contribution >= 4 is 5.91 Å². The zero-order valence-corrected chi connectivity index (χ0v) is 10.3. The maximum atomic E-state index is 11.8. The Kier molecular flexibility index (Phi) is 5.12. The van der Waals surface area contributed by atoms with Gasteiger partial charge in [-0.3, -0.25) is 4.79 Å². The highest BCUT2D eigenvalue weighted by Gasteiger charge is 2.20. The molecule has 0 saturated heterocycles. The molecule has 0 bridgehead atoms. The van der Waals surface area contributed by atoms with Crippen molar-refractivity contribution in [2.24, 2.45) is 11.7 Å². The van der Waals surface area contributed by atoms with Gasteiger partial charge in [0.25, 0.3) is 0 Å². The highest BCUT2D eigenvalue weighted by Crippen LogP contribution is 2.13. The van der Waals surface area contributed by atoms with Gasteiger partial charge in [-0.05, 0) is 12.5 Å². The summed E-state index contributed by atoms with van der Waals surface area (Å²) < 4.78 is 0. The van der Waals surface area contributed by atoms with E-state index in [2.05, 4.69) is 5.32 Å². The second kappa shape index (κ2) is 6.37. The smallest absolute Gasteiger partial charge is 0.224 e. The van der Waals surface area contributed by atoms with Gasteiger partial charge < -0.3 is 16.2 Å². The molecule has 17 heavy (non-hydrogen) atoms. The summed E-state index contributed by atoms with van der Waals surface area (Å²) in [4.78, 5) is 11.8. The number of rotatable bonds is 5. The average Bonchev–Trinajstić information content (AvgIpc) is 2.35. The van der Waals surface area contributed by atoms with E-state index in [1.807, 2.05) is 30.3 Å². The van der Waals surface area contributed by atoms with Crippen molar-refractivity contribution < 1.29 is 9.90 Å². The number of benzene rings is 1. The first-order valence-corrected chi connectivity index (χ1v) is 5.78. The number of nitrogens with one attached hydrogen (secondary N) is 1. The topological polar surface area (TPSA) is 75.4 Å². The van der Waals surface area contributed by atoms with Crippen LogP contribution in [0.4, 0.5) is 0 Å². The van der Waals surface area contributed by atoms with Gasteiger partial charge >= 0.3 is 0 Å². The number of aliphatic hydroxyl groups excluding tert-OH is 1. The summed E-state index contributed by atoms with van der Waals surface area (Å²) in [5.74, 6) is -0.407. The molecule has 1 aromatic rings. The van der Waals surface area contributed by atoms with E-state index in [4.69, 9.17) is 5.73 Å². The molecule has 1 aromatic carbocycles. The van der Waals surface area contributed by atoms with Gasteiger partial charge in [0.1, 0.15) is 0 Å². The maximum Gasteiger partial charge on any atom is 0.224 e. The number of aliphatic hydroxyl groups is 1. The molecule has 0 radical (unpaired) electrons. The highest BCUT2D eigenvalue weighted by atomic mass is 16.3. The minimum absolute atomic E-state index is 0.124. The van der Waals surface area contributed by atoms with E-state index in [9.17, 15) is 9.90 Å². The largest absolute Gasteiger partial charge is 0.394 e. The molecule has 0 fully saturated rings. The van der Waals surface area contributed by atoms with Gasteiger partial charge in [0, 0.05) is 12.0 Å². The molecule has 4 heteroatoms. The molecular formula is C13H20N2O2. The van der Waals surface area contributed by atoms with Gasteiger partial charge in [-0.1, -0.05) is 37.3 Å². The summed E-state index contributed by atoms with van der Waals surface area (Å²) in [6.07, 6.45) is 0. The van der Waals surface area contributed by atoms with Crippen molar-refractivity contribution in [1.29, 1.82) is 0 Å². The first-order chi connectivity index (χ1) is 8.06. The van der Waals surface area contributed by atoms with Gasteiger partial charge in [0.2, 0.25) is 5.91 Å². The Morgan fingerprint density at radius 2 is 1.94 bits per heavy atom. The van der Waals surface area contributed by atoms with Crippen molar-refractivity contribution in [3.63, 3.8) is 0 Å². The second-order valence-corrected chi connectivity index (χ2v) is 4.30. The van der Waals surface area contributed by atoms with Gasteiger partial charge in [0.15, 0.2) is 0 Å². The van der Waals surface area contributed by atoms with E-state index >= 15 is 0 Å². The van der Waals surface area contributed by atoms with E-state index in [-0.39, 0.29) is 30.5 Å². The van der Waals surface area contributed by atoms with Crippen LogP contribution in [0.3, 0.4) is 0 Å². The standard InChI is InChI=1S/C13H20N2O2/c1-9(10(2)14)13(17)15-12(8-16)11-6-4-3-5-7-11/h3-7,9-10,12,16H,8,14H2,1-2H3,(H,15,17)/t9?,10?,12-/m1/s1. The second-order valence-electron chi connectivity index (χ2n) is 4.30. The Labute approximate surface area is 102 Å². The molecule has 1 rings (SSSR count). The molecule has 0 aliphatic carbocycles. The number of nitrogens with two attached hydrogens (primary N) is 1. The molecule has 94 valence electrons. The van der Waals surface area contributed by atoms with Gasteiger partial charge in [-0.15, -0.1) is 0 Å². The molecule has 0 aromatic heterocycles. The van der Waals surface area contributed by atoms with Crippen LogP contribution in [-0.4, -0.2) is 23.7 Å². The lowest BCUT2D eigenvalue weighted by Crippen LogP contribution is -2.41. The third-order valence-electron chi connectivity index (χ3n) is 2.90. The Bertz CT molecular complexity index is 352. The van der Waals surface area contributed by atoms with Crippen LogP contribution < -0.4 is 11.1 Å². The van der Waals surface area contributed by atoms with E-state index in [0.717, 1.165) is 5.56 Å². The summed E-state index contributed by atoms with van der Waals surface area (Å²) in [6, 6.07) is 8.81. The van der Waals surface area contributed by atoms with E-state index in [1.54, 1.807) is 13.8 Å². The summed E-state index contributed by atoms with van der Waals surface area (Å²) >= 11 is 0. The molecule has 1 amide bonds. The third kappa shape index (κ3) is 3.84. The van der Waals surface area contributed by atoms with E-state index in [1.165, 1.54) is 0 Å². The fourth-order valence-electron chi connectivity index (χ4n) is 1.46. The minimum Gasteiger partial charge on any atom is -0.394 e. The summed E-state index contributed by atoms with van der Waals surface area (Å²) in [6.45, 7) is 3.45. The van der Waals surface area contributed by atoms with Crippen LogP contribution in [0.25, 0.3) is 0 Å². The molecule has 4 nitrogen and oxygen atoms in total. The number of hydrogen-bond donors (Lipinski definition) is 3. The van der Waals surface area contributed by atoms with Crippen LogP contribution in [0.2, 0.25) is 0 Å². The lowest BCUT2D eigenvalue weighted by molar-refractivity contribution is -0.126. The Morgan fingerprint density at radius 1 is 1.35 bits per heavy atom. The van der Waals surface area contributed by atoms with Gasteiger partial charge in [-0.2, -0.15) is 0 Å². The molecule has 0 spiro atoms. The fraction of sp³-hybridized carbons (Fsp3) is 0.462.